The molecule has 21 heavy (non-hydrogen) atoms. The summed E-state index contributed by atoms with van der Waals surface area (Å²) in [5, 5.41) is 13.4. The van der Waals surface area contributed by atoms with Gasteiger partial charge in [-0.25, -0.2) is 0 Å². The Kier molecular flexibility index (Phi) is 4.96. The highest BCUT2D eigenvalue weighted by molar-refractivity contribution is 5.79. The van der Waals surface area contributed by atoms with E-state index in [0.29, 0.717) is 38.5 Å². The third-order valence-corrected chi connectivity index (χ3v) is 5.83. The molecular weight excluding hydrogens is 268 g/mol. The molecule has 1 aliphatic carbocycles. The van der Waals surface area contributed by atoms with Gasteiger partial charge in [-0.3, -0.25) is 4.79 Å². The van der Waals surface area contributed by atoms with Crippen LogP contribution in [0.15, 0.2) is 0 Å². The number of aliphatic hydroxyl groups is 1. The normalized spacial score (nSPS) is 35.2. The molecule has 1 saturated heterocycles. The van der Waals surface area contributed by atoms with Crippen molar-refractivity contribution in [2.24, 2.45) is 23.0 Å². The van der Waals surface area contributed by atoms with Crippen molar-refractivity contribution < 1.29 is 14.6 Å². The lowest BCUT2D eigenvalue weighted by molar-refractivity contribution is -0.135. The summed E-state index contributed by atoms with van der Waals surface area (Å²) in [7, 11) is 0. The van der Waals surface area contributed by atoms with E-state index in [1.807, 2.05) is 0 Å². The summed E-state index contributed by atoms with van der Waals surface area (Å²) >= 11 is 0. The van der Waals surface area contributed by atoms with Gasteiger partial charge in [-0.2, -0.15) is 0 Å². The van der Waals surface area contributed by atoms with Crippen LogP contribution in [0.1, 0.15) is 46.5 Å². The van der Waals surface area contributed by atoms with Crippen LogP contribution in [-0.2, 0) is 9.53 Å². The molecule has 2 aliphatic rings. The van der Waals surface area contributed by atoms with Crippen molar-refractivity contribution in [1.82, 2.24) is 5.32 Å². The van der Waals surface area contributed by atoms with Crippen molar-refractivity contribution in [2.45, 2.75) is 58.1 Å². The second-order valence-corrected chi connectivity index (χ2v) is 7.46. The van der Waals surface area contributed by atoms with Gasteiger partial charge in [0.25, 0.3) is 0 Å². The Labute approximate surface area is 127 Å². The van der Waals surface area contributed by atoms with Gasteiger partial charge in [-0.1, -0.05) is 20.8 Å². The zero-order chi connectivity index (χ0) is 15.7. The highest BCUT2D eigenvalue weighted by atomic mass is 16.5. The number of ether oxygens (including phenoxy) is 1. The molecule has 122 valence electrons. The molecule has 2 rings (SSSR count). The lowest BCUT2D eigenvalue weighted by Crippen LogP contribution is -2.54. The predicted molar refractivity (Wildman–Crippen MR) is 81.7 cm³/mol. The van der Waals surface area contributed by atoms with E-state index in [-0.39, 0.29) is 23.3 Å². The first-order valence-corrected chi connectivity index (χ1v) is 8.10. The Hall–Kier alpha value is -0.650. The minimum atomic E-state index is -0.811. The number of carbonyl (C=O) groups is 1. The molecule has 3 unspecified atom stereocenters. The van der Waals surface area contributed by atoms with Crippen LogP contribution in [0, 0.1) is 17.3 Å². The van der Waals surface area contributed by atoms with Gasteiger partial charge in [0, 0.05) is 44.6 Å². The number of nitrogens with one attached hydrogen (secondary N) is 1. The number of hydrogen-bond donors (Lipinski definition) is 3. The summed E-state index contributed by atoms with van der Waals surface area (Å²) < 4.78 is 5.26. The molecule has 0 aromatic heterocycles. The zero-order valence-corrected chi connectivity index (χ0v) is 13.5. The lowest BCUT2D eigenvalue weighted by Gasteiger charge is -2.46. The second-order valence-electron chi connectivity index (χ2n) is 7.46. The van der Waals surface area contributed by atoms with E-state index in [4.69, 9.17) is 10.5 Å². The minimum Gasteiger partial charge on any atom is -0.388 e. The number of carbonyl (C=O) groups excluding carboxylic acids is 1. The van der Waals surface area contributed by atoms with Crippen molar-refractivity contribution in [3.05, 3.63) is 0 Å². The average molecular weight is 298 g/mol. The fourth-order valence-corrected chi connectivity index (χ4v) is 3.62. The van der Waals surface area contributed by atoms with E-state index in [9.17, 15) is 9.90 Å². The van der Waals surface area contributed by atoms with E-state index >= 15 is 0 Å². The van der Waals surface area contributed by atoms with Crippen molar-refractivity contribution in [2.75, 3.05) is 19.8 Å². The summed E-state index contributed by atoms with van der Waals surface area (Å²) in [5.74, 6) is 0.336. The SMILES string of the molecule is CC1C(N)CCC(C(=O)NCC2(O)CCOCC2)C1(C)C. The molecular formula is C16H30N2O3. The van der Waals surface area contributed by atoms with E-state index in [2.05, 4.69) is 26.1 Å². The topological polar surface area (TPSA) is 84.6 Å². The van der Waals surface area contributed by atoms with Crippen molar-refractivity contribution in [3.63, 3.8) is 0 Å². The van der Waals surface area contributed by atoms with E-state index in [1.165, 1.54) is 0 Å². The third-order valence-electron chi connectivity index (χ3n) is 5.83. The molecule has 4 N–H and O–H groups in total. The van der Waals surface area contributed by atoms with Crippen LogP contribution in [0.3, 0.4) is 0 Å². The third kappa shape index (κ3) is 3.58. The molecule has 0 bridgehead atoms. The fourth-order valence-electron chi connectivity index (χ4n) is 3.62. The Morgan fingerprint density at radius 3 is 2.57 bits per heavy atom. The van der Waals surface area contributed by atoms with E-state index in [1.54, 1.807) is 0 Å². The number of hydrogen-bond acceptors (Lipinski definition) is 4. The molecule has 1 saturated carbocycles. The smallest absolute Gasteiger partial charge is 0.223 e. The molecule has 0 spiro atoms. The Bertz CT molecular complexity index is 378. The largest absolute Gasteiger partial charge is 0.388 e. The Balaban J connectivity index is 1.93. The maximum atomic E-state index is 12.6. The first kappa shape index (κ1) is 16.7. The molecule has 1 heterocycles. The van der Waals surface area contributed by atoms with Crippen LogP contribution in [0.2, 0.25) is 0 Å². The van der Waals surface area contributed by atoms with Crippen LogP contribution in [-0.4, -0.2) is 42.4 Å². The maximum absolute atomic E-state index is 12.6. The Morgan fingerprint density at radius 1 is 1.33 bits per heavy atom. The van der Waals surface area contributed by atoms with Gasteiger partial charge in [-0.05, 0) is 24.2 Å². The Morgan fingerprint density at radius 2 is 1.95 bits per heavy atom. The predicted octanol–water partition coefficient (Wildman–Crippen LogP) is 1.04. The molecule has 0 aromatic rings. The van der Waals surface area contributed by atoms with Crippen LogP contribution >= 0.6 is 0 Å². The summed E-state index contributed by atoms with van der Waals surface area (Å²) in [6, 6.07) is 0.170. The molecule has 1 aliphatic heterocycles. The summed E-state index contributed by atoms with van der Waals surface area (Å²) in [6.45, 7) is 7.84. The van der Waals surface area contributed by atoms with Gasteiger partial charge in [-0.15, -0.1) is 0 Å². The van der Waals surface area contributed by atoms with Gasteiger partial charge in [0.1, 0.15) is 0 Å². The first-order valence-electron chi connectivity index (χ1n) is 8.10. The maximum Gasteiger partial charge on any atom is 0.223 e. The van der Waals surface area contributed by atoms with Crippen LogP contribution < -0.4 is 11.1 Å². The minimum absolute atomic E-state index is 0.0317. The number of rotatable bonds is 3. The highest BCUT2D eigenvalue weighted by Crippen LogP contribution is 2.44. The van der Waals surface area contributed by atoms with Crippen LogP contribution in [0.4, 0.5) is 0 Å². The quantitative estimate of drug-likeness (QED) is 0.727. The van der Waals surface area contributed by atoms with E-state index < -0.39 is 5.60 Å². The molecule has 1 amide bonds. The molecule has 5 heteroatoms. The van der Waals surface area contributed by atoms with Gasteiger partial charge in [0.05, 0.1) is 5.60 Å². The summed E-state index contributed by atoms with van der Waals surface area (Å²) in [5.41, 5.74) is 5.22. The summed E-state index contributed by atoms with van der Waals surface area (Å²) in [6.07, 6.45) is 2.89. The van der Waals surface area contributed by atoms with E-state index in [0.717, 1.165) is 12.8 Å². The lowest BCUT2D eigenvalue weighted by atomic mass is 9.61. The number of amides is 1. The fraction of sp³-hybridized carbons (Fsp3) is 0.938. The first-order chi connectivity index (χ1) is 9.76. The second kappa shape index (κ2) is 6.23. The van der Waals surface area contributed by atoms with Gasteiger partial charge in [0.15, 0.2) is 0 Å². The van der Waals surface area contributed by atoms with Crippen molar-refractivity contribution in [1.29, 1.82) is 0 Å². The van der Waals surface area contributed by atoms with Crippen molar-refractivity contribution >= 4 is 5.91 Å². The molecule has 2 fully saturated rings. The van der Waals surface area contributed by atoms with Gasteiger partial charge in [0.2, 0.25) is 5.91 Å². The van der Waals surface area contributed by atoms with Crippen LogP contribution in [0.25, 0.3) is 0 Å². The molecule has 0 radical (unpaired) electrons. The van der Waals surface area contributed by atoms with Crippen molar-refractivity contribution in [3.8, 4) is 0 Å². The summed E-state index contributed by atoms with van der Waals surface area (Å²) in [4.78, 5) is 12.6. The van der Waals surface area contributed by atoms with Gasteiger partial charge < -0.3 is 20.9 Å². The van der Waals surface area contributed by atoms with Crippen LogP contribution in [0.5, 0.6) is 0 Å². The highest BCUT2D eigenvalue weighted by Gasteiger charge is 2.45. The average Bonchev–Trinajstić information content (AvgIpc) is 2.43. The molecule has 0 aromatic carbocycles. The van der Waals surface area contributed by atoms with Gasteiger partial charge >= 0.3 is 0 Å². The molecule has 3 atom stereocenters. The monoisotopic (exact) mass is 298 g/mol. The zero-order valence-electron chi connectivity index (χ0n) is 13.5. The number of nitrogens with two attached hydrogens (primary N) is 1. The standard InChI is InChI=1S/C16H30N2O3/c1-11-13(17)5-4-12(15(11,2)3)14(19)18-10-16(20)6-8-21-9-7-16/h11-13,20H,4-10,17H2,1-3H3,(H,18,19). The molecule has 5 nitrogen and oxygen atoms in total.